The molecule has 6 nitrogen and oxygen atoms in total. The fraction of sp³-hybridized carbons (Fsp3) is 0.273. The van der Waals surface area contributed by atoms with Gasteiger partial charge in [0.25, 0.3) is 0 Å². The average Bonchev–Trinajstić information content (AvgIpc) is 2.28. The molecule has 1 amide bonds. The van der Waals surface area contributed by atoms with E-state index in [4.69, 9.17) is 15.0 Å². The topological polar surface area (TPSA) is 110 Å². The fourth-order valence-electron chi connectivity index (χ4n) is 1.35. The van der Waals surface area contributed by atoms with E-state index in [2.05, 4.69) is 5.32 Å². The highest BCUT2D eigenvalue weighted by Gasteiger charge is 2.13. The molecule has 1 aromatic carbocycles. The Bertz CT molecular complexity index is 518. The zero-order valence-electron chi connectivity index (χ0n) is 9.54. The lowest BCUT2D eigenvalue weighted by Crippen LogP contribution is -2.12. The van der Waals surface area contributed by atoms with E-state index in [-0.39, 0.29) is 24.9 Å². The van der Waals surface area contributed by atoms with Gasteiger partial charge in [0.15, 0.2) is 0 Å². The van der Waals surface area contributed by atoms with Crippen LogP contribution in [0, 0.1) is 11.3 Å². The molecule has 1 rings (SSSR count). The smallest absolute Gasteiger partial charge is 0.325 e. The van der Waals surface area contributed by atoms with Gasteiger partial charge in [0, 0.05) is 6.42 Å². The number of anilines is 1. The highest BCUT2D eigenvalue weighted by molar-refractivity contribution is 7.51. The quantitative estimate of drug-likeness (QED) is 0.700. The molecule has 0 heterocycles. The molecule has 0 aromatic heterocycles. The van der Waals surface area contributed by atoms with Crippen LogP contribution in [0.5, 0.6) is 0 Å². The number of nitriles is 1. The predicted molar refractivity (Wildman–Crippen MR) is 65.9 cm³/mol. The van der Waals surface area contributed by atoms with Crippen LogP contribution in [0.3, 0.4) is 0 Å². The standard InChI is InChI=1S/C11H13N2O4P/c12-8-9-4-1-2-5-10(9)13-11(14)6-3-7-18(15,16)17/h1-2,4-5H,3,6-7H2,(H,13,14)(H2,15,16,17). The molecule has 96 valence electrons. The normalized spacial score (nSPS) is 10.7. The molecule has 0 aliphatic rings. The number of para-hydroxylation sites is 1. The summed E-state index contributed by atoms with van der Waals surface area (Å²) in [6, 6.07) is 8.48. The minimum atomic E-state index is -4.05. The molecule has 0 saturated carbocycles. The minimum absolute atomic E-state index is 0.00483. The first-order chi connectivity index (χ1) is 8.42. The van der Waals surface area contributed by atoms with Crippen molar-refractivity contribution in [3.05, 3.63) is 29.8 Å². The molecular formula is C11H13N2O4P. The monoisotopic (exact) mass is 268 g/mol. The number of nitrogens with one attached hydrogen (secondary N) is 1. The van der Waals surface area contributed by atoms with Gasteiger partial charge >= 0.3 is 7.60 Å². The maximum Gasteiger partial charge on any atom is 0.325 e. The zero-order valence-corrected chi connectivity index (χ0v) is 10.4. The summed E-state index contributed by atoms with van der Waals surface area (Å²) < 4.78 is 10.6. The third-order valence-corrected chi connectivity index (χ3v) is 3.07. The van der Waals surface area contributed by atoms with Gasteiger partial charge in [-0.3, -0.25) is 9.36 Å². The summed E-state index contributed by atoms with van der Waals surface area (Å²) in [6.45, 7) is 0. The Morgan fingerprint density at radius 3 is 2.67 bits per heavy atom. The molecular weight excluding hydrogens is 255 g/mol. The van der Waals surface area contributed by atoms with Crippen LogP contribution in [-0.4, -0.2) is 21.9 Å². The molecule has 0 aliphatic heterocycles. The first kappa shape index (κ1) is 14.4. The van der Waals surface area contributed by atoms with Crippen LogP contribution in [0.25, 0.3) is 0 Å². The molecule has 3 N–H and O–H groups in total. The zero-order chi connectivity index (χ0) is 13.6. The molecule has 0 bridgehead atoms. The summed E-state index contributed by atoms with van der Waals surface area (Å²) in [6.07, 6.45) is -0.212. The minimum Gasteiger partial charge on any atom is -0.325 e. The lowest BCUT2D eigenvalue weighted by Gasteiger charge is -2.07. The van der Waals surface area contributed by atoms with Crippen LogP contribution in [0.2, 0.25) is 0 Å². The van der Waals surface area contributed by atoms with Crippen LogP contribution < -0.4 is 5.32 Å². The molecule has 1 aromatic rings. The molecule has 0 fully saturated rings. The molecule has 0 spiro atoms. The maximum atomic E-state index is 11.5. The number of carbonyl (C=O) groups excluding carboxylic acids is 1. The van der Waals surface area contributed by atoms with Crippen LogP contribution in [0.15, 0.2) is 24.3 Å². The molecule has 0 saturated heterocycles. The second-order valence-corrected chi connectivity index (χ2v) is 5.47. The Morgan fingerprint density at radius 2 is 2.06 bits per heavy atom. The number of amides is 1. The second-order valence-electron chi connectivity index (χ2n) is 3.70. The van der Waals surface area contributed by atoms with Crippen LogP contribution >= 0.6 is 7.60 Å². The van der Waals surface area contributed by atoms with E-state index in [9.17, 15) is 9.36 Å². The number of nitrogens with zero attached hydrogens (tertiary/aromatic N) is 1. The van der Waals surface area contributed by atoms with E-state index in [0.717, 1.165) is 0 Å². The molecule has 7 heteroatoms. The first-order valence-electron chi connectivity index (χ1n) is 5.26. The van der Waals surface area contributed by atoms with Gasteiger partial charge in [0.1, 0.15) is 6.07 Å². The summed E-state index contributed by atoms with van der Waals surface area (Å²) in [5, 5.41) is 11.3. The number of carbonyl (C=O) groups is 1. The Balaban J connectivity index is 2.51. The summed E-state index contributed by atoms with van der Waals surface area (Å²) in [5.74, 6) is -0.369. The second kappa shape index (κ2) is 6.31. The van der Waals surface area contributed by atoms with Crippen molar-refractivity contribution in [2.45, 2.75) is 12.8 Å². The van der Waals surface area contributed by atoms with Gasteiger partial charge in [-0.1, -0.05) is 12.1 Å². The van der Waals surface area contributed by atoms with Crippen LogP contribution in [-0.2, 0) is 9.36 Å². The molecule has 0 atom stereocenters. The number of benzene rings is 1. The molecule has 0 aliphatic carbocycles. The summed E-state index contributed by atoms with van der Waals surface area (Å²) in [4.78, 5) is 28.8. The average molecular weight is 268 g/mol. The van der Waals surface area contributed by atoms with Crippen molar-refractivity contribution in [2.24, 2.45) is 0 Å². The van der Waals surface area contributed by atoms with Crippen molar-refractivity contribution in [3.8, 4) is 6.07 Å². The first-order valence-corrected chi connectivity index (χ1v) is 7.06. The molecule has 18 heavy (non-hydrogen) atoms. The van der Waals surface area contributed by atoms with E-state index >= 15 is 0 Å². The van der Waals surface area contributed by atoms with Crippen molar-refractivity contribution >= 4 is 19.2 Å². The Kier molecular flexibility index (Phi) is 5.05. The Labute approximate surface area is 104 Å². The summed E-state index contributed by atoms with van der Waals surface area (Å²) in [7, 11) is -4.05. The predicted octanol–water partition coefficient (Wildman–Crippen LogP) is 1.45. The van der Waals surface area contributed by atoms with Crippen molar-refractivity contribution in [1.29, 1.82) is 5.26 Å². The van der Waals surface area contributed by atoms with Crippen molar-refractivity contribution in [1.82, 2.24) is 0 Å². The lowest BCUT2D eigenvalue weighted by molar-refractivity contribution is -0.116. The fourth-order valence-corrected chi connectivity index (χ4v) is 1.92. The van der Waals surface area contributed by atoms with Crippen LogP contribution in [0.1, 0.15) is 18.4 Å². The van der Waals surface area contributed by atoms with Crippen molar-refractivity contribution in [3.63, 3.8) is 0 Å². The Hall–Kier alpha value is -1.67. The largest absolute Gasteiger partial charge is 0.325 e. The van der Waals surface area contributed by atoms with Gasteiger partial charge in [0.2, 0.25) is 5.91 Å². The SMILES string of the molecule is N#Cc1ccccc1NC(=O)CCCP(=O)(O)O. The van der Waals surface area contributed by atoms with Gasteiger partial charge < -0.3 is 15.1 Å². The van der Waals surface area contributed by atoms with Gasteiger partial charge in [-0.25, -0.2) is 0 Å². The highest BCUT2D eigenvalue weighted by atomic mass is 31.2. The van der Waals surface area contributed by atoms with Gasteiger partial charge in [-0.15, -0.1) is 0 Å². The van der Waals surface area contributed by atoms with Crippen molar-refractivity contribution in [2.75, 3.05) is 11.5 Å². The van der Waals surface area contributed by atoms with Gasteiger partial charge in [0.05, 0.1) is 17.4 Å². The van der Waals surface area contributed by atoms with Crippen molar-refractivity contribution < 1.29 is 19.1 Å². The van der Waals surface area contributed by atoms with E-state index in [1.165, 1.54) is 0 Å². The Morgan fingerprint density at radius 1 is 1.39 bits per heavy atom. The lowest BCUT2D eigenvalue weighted by atomic mass is 10.2. The number of hydrogen-bond donors (Lipinski definition) is 3. The van der Waals surface area contributed by atoms with E-state index in [1.807, 2.05) is 6.07 Å². The molecule has 0 unspecified atom stereocenters. The van der Waals surface area contributed by atoms with Gasteiger partial charge in [-0.2, -0.15) is 5.26 Å². The third kappa shape index (κ3) is 5.11. The third-order valence-electron chi connectivity index (χ3n) is 2.17. The van der Waals surface area contributed by atoms with Gasteiger partial charge in [-0.05, 0) is 18.6 Å². The van der Waals surface area contributed by atoms with Crippen LogP contribution in [0.4, 0.5) is 5.69 Å². The molecule has 0 radical (unpaired) electrons. The van der Waals surface area contributed by atoms with E-state index < -0.39 is 7.60 Å². The highest BCUT2D eigenvalue weighted by Crippen LogP contribution is 2.35. The maximum absolute atomic E-state index is 11.5. The van der Waals surface area contributed by atoms with E-state index in [0.29, 0.717) is 11.3 Å². The number of hydrogen-bond acceptors (Lipinski definition) is 3. The summed E-state index contributed by atoms with van der Waals surface area (Å²) in [5.41, 5.74) is 0.752. The van der Waals surface area contributed by atoms with E-state index in [1.54, 1.807) is 24.3 Å². The number of rotatable bonds is 5. The summed E-state index contributed by atoms with van der Waals surface area (Å²) >= 11 is 0.